The second-order valence-electron chi connectivity index (χ2n) is 4.84. The van der Waals surface area contributed by atoms with E-state index in [9.17, 15) is 8.42 Å². The summed E-state index contributed by atoms with van der Waals surface area (Å²) in [6.45, 7) is 8.51. The maximum atomic E-state index is 12.1. The minimum Gasteiger partial charge on any atom is -0.211 e. The lowest BCUT2D eigenvalue weighted by molar-refractivity contribution is 0.414. The highest BCUT2D eigenvalue weighted by atomic mass is 32.2. The van der Waals surface area contributed by atoms with Gasteiger partial charge in [0.05, 0.1) is 4.90 Å². The molecule has 0 aliphatic heterocycles. The zero-order valence-corrected chi connectivity index (χ0v) is 11.7. The average Bonchev–Trinajstić information content (AvgIpc) is 2.26. The maximum absolute atomic E-state index is 12.1. The van der Waals surface area contributed by atoms with Crippen molar-refractivity contribution in [2.45, 2.75) is 32.6 Å². The number of hydrogen-bond acceptors (Lipinski definition) is 2. The molecule has 0 saturated heterocycles. The molecule has 1 aromatic carbocycles. The molecular weight excluding hydrogens is 234 g/mol. The highest BCUT2D eigenvalue weighted by Crippen LogP contribution is 2.15. The fraction of sp³-hybridized carbons (Fsp3) is 0.538. The second kappa shape index (κ2) is 5.65. The number of hydrogen-bond donors (Lipinski definition) is 1. The van der Waals surface area contributed by atoms with Crippen LogP contribution in [0.2, 0.25) is 0 Å². The highest BCUT2D eigenvalue weighted by molar-refractivity contribution is 7.89. The summed E-state index contributed by atoms with van der Waals surface area (Å²) in [5.74, 6) is 0.795. The number of rotatable bonds is 5. The van der Waals surface area contributed by atoms with E-state index < -0.39 is 10.0 Å². The van der Waals surface area contributed by atoms with Gasteiger partial charge in [-0.1, -0.05) is 39.0 Å². The Morgan fingerprint density at radius 1 is 1.18 bits per heavy atom. The van der Waals surface area contributed by atoms with Gasteiger partial charge in [-0.05, 0) is 30.4 Å². The quantitative estimate of drug-likeness (QED) is 0.879. The predicted octanol–water partition coefficient (Wildman–Crippen LogP) is 2.57. The fourth-order valence-corrected chi connectivity index (χ4v) is 2.80. The van der Waals surface area contributed by atoms with Gasteiger partial charge >= 0.3 is 0 Å². The van der Waals surface area contributed by atoms with Crippen molar-refractivity contribution in [3.05, 3.63) is 29.8 Å². The summed E-state index contributed by atoms with van der Waals surface area (Å²) in [4.78, 5) is 0.371. The van der Waals surface area contributed by atoms with E-state index in [2.05, 4.69) is 18.6 Å². The molecule has 0 aromatic heterocycles. The van der Waals surface area contributed by atoms with Crippen LogP contribution in [-0.4, -0.2) is 15.0 Å². The van der Waals surface area contributed by atoms with Gasteiger partial charge in [-0.25, -0.2) is 13.1 Å². The number of sulfonamides is 1. The number of aryl methyl sites for hydroxylation is 1. The lowest BCUT2D eigenvalue weighted by Crippen LogP contribution is -2.30. The fourth-order valence-electron chi connectivity index (χ4n) is 1.41. The maximum Gasteiger partial charge on any atom is 0.240 e. The molecule has 1 N–H and O–H groups in total. The SMILES string of the molecule is Cc1ccccc1S(=O)(=O)NCC(C)C(C)C. The largest absolute Gasteiger partial charge is 0.240 e. The third-order valence-electron chi connectivity index (χ3n) is 3.12. The first-order valence-corrected chi connectivity index (χ1v) is 7.38. The Labute approximate surface area is 104 Å². The van der Waals surface area contributed by atoms with Crippen LogP contribution in [0.1, 0.15) is 26.3 Å². The minimum absolute atomic E-state index is 0.328. The normalized spacial score (nSPS) is 13.9. The van der Waals surface area contributed by atoms with Crippen molar-refractivity contribution in [1.29, 1.82) is 0 Å². The van der Waals surface area contributed by atoms with Crippen LogP contribution in [0.5, 0.6) is 0 Å². The van der Waals surface area contributed by atoms with Gasteiger partial charge in [0.1, 0.15) is 0 Å². The van der Waals surface area contributed by atoms with Crippen molar-refractivity contribution < 1.29 is 8.42 Å². The summed E-state index contributed by atoms with van der Waals surface area (Å²) in [5.41, 5.74) is 0.775. The van der Waals surface area contributed by atoms with E-state index in [1.165, 1.54) is 0 Å². The zero-order chi connectivity index (χ0) is 13.1. The molecule has 0 aliphatic carbocycles. The Kier molecular flexibility index (Phi) is 4.71. The zero-order valence-electron chi connectivity index (χ0n) is 10.9. The first-order chi connectivity index (χ1) is 7.84. The van der Waals surface area contributed by atoms with Crippen molar-refractivity contribution in [2.75, 3.05) is 6.54 Å². The van der Waals surface area contributed by atoms with Gasteiger partial charge in [-0.2, -0.15) is 0 Å². The molecule has 1 rings (SSSR count). The van der Waals surface area contributed by atoms with Crippen molar-refractivity contribution in [3.63, 3.8) is 0 Å². The Morgan fingerprint density at radius 3 is 2.29 bits per heavy atom. The summed E-state index contributed by atoms with van der Waals surface area (Å²) in [6, 6.07) is 7.02. The molecule has 0 heterocycles. The van der Waals surface area contributed by atoms with Gasteiger partial charge in [-0.3, -0.25) is 0 Å². The summed E-state index contributed by atoms with van der Waals surface area (Å²) >= 11 is 0. The van der Waals surface area contributed by atoms with Gasteiger partial charge in [0.25, 0.3) is 0 Å². The summed E-state index contributed by atoms with van der Waals surface area (Å²) in [6.07, 6.45) is 0. The highest BCUT2D eigenvalue weighted by Gasteiger charge is 2.17. The first kappa shape index (κ1) is 14.2. The lowest BCUT2D eigenvalue weighted by atomic mass is 9.99. The molecule has 17 heavy (non-hydrogen) atoms. The van der Waals surface area contributed by atoms with Gasteiger partial charge in [0, 0.05) is 6.54 Å². The molecule has 0 amide bonds. The molecule has 0 fully saturated rings. The van der Waals surface area contributed by atoms with Crippen LogP contribution in [0, 0.1) is 18.8 Å². The van der Waals surface area contributed by atoms with Crippen LogP contribution in [0.3, 0.4) is 0 Å². The van der Waals surface area contributed by atoms with E-state index in [-0.39, 0.29) is 0 Å². The first-order valence-electron chi connectivity index (χ1n) is 5.90. The molecule has 0 saturated carbocycles. The molecule has 4 heteroatoms. The monoisotopic (exact) mass is 255 g/mol. The smallest absolute Gasteiger partial charge is 0.211 e. The molecule has 1 atom stereocenters. The Bertz CT molecular complexity index is 466. The topological polar surface area (TPSA) is 46.2 Å². The van der Waals surface area contributed by atoms with Crippen LogP contribution in [0.15, 0.2) is 29.2 Å². The Balaban J connectivity index is 2.80. The average molecular weight is 255 g/mol. The lowest BCUT2D eigenvalue weighted by Gasteiger charge is -2.16. The van der Waals surface area contributed by atoms with Crippen molar-refractivity contribution >= 4 is 10.0 Å². The van der Waals surface area contributed by atoms with Gasteiger partial charge in [0.15, 0.2) is 0 Å². The predicted molar refractivity (Wildman–Crippen MR) is 70.4 cm³/mol. The van der Waals surface area contributed by atoms with E-state index in [4.69, 9.17) is 0 Å². The second-order valence-corrected chi connectivity index (χ2v) is 6.57. The summed E-state index contributed by atoms with van der Waals surface area (Å²) in [7, 11) is -3.37. The third-order valence-corrected chi connectivity index (χ3v) is 4.70. The molecular formula is C13H21NO2S. The van der Waals surface area contributed by atoms with Gasteiger partial charge in [0.2, 0.25) is 10.0 Å². The molecule has 1 unspecified atom stereocenters. The van der Waals surface area contributed by atoms with Crippen LogP contribution in [-0.2, 0) is 10.0 Å². The molecule has 0 bridgehead atoms. The minimum atomic E-state index is -3.37. The van der Waals surface area contributed by atoms with Crippen LogP contribution in [0.25, 0.3) is 0 Å². The number of benzene rings is 1. The van der Waals surface area contributed by atoms with Gasteiger partial charge < -0.3 is 0 Å². The molecule has 0 spiro atoms. The van der Waals surface area contributed by atoms with Crippen LogP contribution >= 0.6 is 0 Å². The van der Waals surface area contributed by atoms with Gasteiger partial charge in [-0.15, -0.1) is 0 Å². The number of nitrogens with one attached hydrogen (secondary N) is 1. The molecule has 3 nitrogen and oxygen atoms in total. The summed E-state index contributed by atoms with van der Waals surface area (Å²) in [5, 5.41) is 0. The molecule has 96 valence electrons. The summed E-state index contributed by atoms with van der Waals surface area (Å²) < 4.78 is 26.8. The van der Waals surface area contributed by atoms with E-state index in [1.54, 1.807) is 25.1 Å². The standard InChI is InChI=1S/C13H21NO2S/c1-10(2)12(4)9-14-17(15,16)13-8-6-5-7-11(13)3/h5-8,10,12,14H,9H2,1-4H3. The van der Waals surface area contributed by atoms with E-state index in [0.29, 0.717) is 23.3 Å². The van der Waals surface area contributed by atoms with Crippen molar-refractivity contribution in [3.8, 4) is 0 Å². The Morgan fingerprint density at radius 2 is 1.76 bits per heavy atom. The molecule has 0 aliphatic rings. The van der Waals surface area contributed by atoms with E-state index >= 15 is 0 Å². The van der Waals surface area contributed by atoms with Crippen molar-refractivity contribution in [1.82, 2.24) is 4.72 Å². The van der Waals surface area contributed by atoms with Crippen molar-refractivity contribution in [2.24, 2.45) is 11.8 Å². The van der Waals surface area contributed by atoms with E-state index in [0.717, 1.165) is 5.56 Å². The Hall–Kier alpha value is -0.870. The third kappa shape index (κ3) is 3.82. The van der Waals surface area contributed by atoms with Crippen LogP contribution in [0.4, 0.5) is 0 Å². The molecule has 0 radical (unpaired) electrons. The van der Waals surface area contributed by atoms with Crippen LogP contribution < -0.4 is 4.72 Å². The van der Waals surface area contributed by atoms with E-state index in [1.807, 2.05) is 13.0 Å². The molecule has 1 aromatic rings.